The molecule has 15 heteroatoms. The Morgan fingerprint density at radius 3 is 2.56 bits per heavy atom. The lowest BCUT2D eigenvalue weighted by atomic mass is 9.97. The van der Waals surface area contributed by atoms with Crippen molar-refractivity contribution in [1.82, 2.24) is 24.5 Å². The van der Waals surface area contributed by atoms with Gasteiger partial charge in [0.05, 0.1) is 12.9 Å². The highest BCUT2D eigenvalue weighted by molar-refractivity contribution is 6.28. The van der Waals surface area contributed by atoms with Crippen molar-refractivity contribution in [1.29, 1.82) is 0 Å². The van der Waals surface area contributed by atoms with Gasteiger partial charge in [-0.3, -0.25) is 9.55 Å². The summed E-state index contributed by atoms with van der Waals surface area (Å²) in [6.45, 7) is -0.676. The molecule has 4 atom stereocenters. The Balaban J connectivity index is 1.57. The minimum absolute atomic E-state index is 0.0103. The number of halogens is 1. The number of anilines is 1. The number of pyridine rings is 1. The van der Waals surface area contributed by atoms with E-state index in [1.165, 1.54) is 23.2 Å². The molecule has 3 aromatic rings. The minimum atomic E-state index is -2.71. The minimum Gasteiger partial charge on any atom is -0.479 e. The number of nitrogens with zero attached hydrogens (tertiary/aromatic N) is 5. The monoisotopic (exact) mass is 494 g/mol. The van der Waals surface area contributed by atoms with E-state index in [2.05, 4.69) is 19.9 Å². The van der Waals surface area contributed by atoms with Crippen LogP contribution in [0.2, 0.25) is 5.28 Å². The van der Waals surface area contributed by atoms with E-state index in [9.17, 15) is 30.0 Å². The molecule has 0 unspecified atom stereocenters. The van der Waals surface area contributed by atoms with Crippen molar-refractivity contribution < 1.29 is 39.5 Å². The number of ether oxygens (including phenoxy) is 2. The van der Waals surface area contributed by atoms with Gasteiger partial charge in [0.25, 0.3) is 5.60 Å². The quantitative estimate of drug-likeness (QED) is 0.192. The van der Waals surface area contributed by atoms with Crippen molar-refractivity contribution in [3.8, 4) is 0 Å². The van der Waals surface area contributed by atoms with Crippen LogP contribution in [0.15, 0.2) is 30.7 Å². The van der Waals surface area contributed by atoms with Gasteiger partial charge in [0.2, 0.25) is 5.28 Å². The molecular formula is C19H19ClN6O8. The van der Waals surface area contributed by atoms with E-state index in [0.717, 1.165) is 0 Å². The van der Waals surface area contributed by atoms with E-state index >= 15 is 0 Å². The average Bonchev–Trinajstić information content (AvgIpc) is 3.33. The van der Waals surface area contributed by atoms with Gasteiger partial charge in [0, 0.05) is 18.3 Å². The molecule has 3 aromatic heterocycles. The number of imidazole rings is 1. The normalized spacial score (nSPS) is 22.8. The zero-order valence-corrected chi connectivity index (χ0v) is 18.0. The number of aromatic nitrogens is 5. The van der Waals surface area contributed by atoms with E-state index in [-0.39, 0.29) is 28.0 Å². The third-order valence-corrected chi connectivity index (χ3v) is 5.54. The van der Waals surface area contributed by atoms with Gasteiger partial charge in [-0.25, -0.2) is 14.6 Å². The maximum atomic E-state index is 11.9. The summed E-state index contributed by atoms with van der Waals surface area (Å²) in [5.41, 5.74) is 3.53. The molecule has 0 amide bonds. The van der Waals surface area contributed by atoms with Crippen LogP contribution in [0.4, 0.5) is 5.82 Å². The zero-order chi connectivity index (χ0) is 24.6. The van der Waals surface area contributed by atoms with Crippen LogP contribution in [-0.2, 0) is 25.5 Å². The molecule has 1 fully saturated rings. The molecule has 180 valence electrons. The first-order valence-electron chi connectivity index (χ1n) is 9.82. The summed E-state index contributed by atoms with van der Waals surface area (Å²) in [5, 5.41) is 40.2. The van der Waals surface area contributed by atoms with Crippen molar-refractivity contribution in [2.45, 2.75) is 36.6 Å². The van der Waals surface area contributed by atoms with Crippen LogP contribution in [0.3, 0.4) is 0 Å². The molecule has 1 aliphatic rings. The van der Waals surface area contributed by atoms with Gasteiger partial charge in [-0.2, -0.15) is 9.97 Å². The second kappa shape index (κ2) is 9.08. The fourth-order valence-corrected chi connectivity index (χ4v) is 3.76. The SMILES string of the molecule is Nc1nc(Cl)nc2c1ncn2[C@@H]1O[C@H](COC(Cc2ccccn2)(C(=O)O)C(=O)O)[C@H](O)[C@H]1O. The number of carbonyl (C=O) groups is 2. The van der Waals surface area contributed by atoms with E-state index in [1.54, 1.807) is 12.1 Å². The highest BCUT2D eigenvalue weighted by atomic mass is 35.5. The summed E-state index contributed by atoms with van der Waals surface area (Å²) in [6.07, 6.45) is -3.59. The maximum Gasteiger partial charge on any atom is 0.348 e. The summed E-state index contributed by atoms with van der Waals surface area (Å²) in [7, 11) is 0. The van der Waals surface area contributed by atoms with Gasteiger partial charge in [-0.05, 0) is 23.7 Å². The molecule has 0 aliphatic carbocycles. The van der Waals surface area contributed by atoms with Crippen LogP contribution in [-0.4, -0.2) is 87.4 Å². The summed E-state index contributed by atoms with van der Waals surface area (Å²) < 4.78 is 12.3. The number of aliphatic hydroxyl groups is 2. The average molecular weight is 495 g/mol. The zero-order valence-electron chi connectivity index (χ0n) is 17.2. The van der Waals surface area contributed by atoms with Crippen LogP contribution < -0.4 is 5.73 Å². The fraction of sp³-hybridized carbons (Fsp3) is 0.368. The molecule has 6 N–H and O–H groups in total. The largest absolute Gasteiger partial charge is 0.479 e. The van der Waals surface area contributed by atoms with Crippen LogP contribution in [0.25, 0.3) is 11.2 Å². The van der Waals surface area contributed by atoms with Crippen molar-refractivity contribution in [2.75, 3.05) is 12.3 Å². The standard InChI is InChI=1S/C19H19ClN6O8/c20-18-24-13(21)10-14(25-18)26(7-23-10)15-12(28)11(27)9(34-15)6-33-19(16(29)30,17(31)32)5-8-3-1-2-4-22-8/h1-4,7,9,11-12,15,27-28H,5-6H2,(H,29,30)(H,31,32)(H2,21,24,25)/t9-,11+,12-,15-/m1/s1. The van der Waals surface area contributed by atoms with E-state index in [4.69, 9.17) is 26.8 Å². The van der Waals surface area contributed by atoms with Crippen LogP contribution in [0, 0.1) is 0 Å². The molecule has 1 aliphatic heterocycles. The number of rotatable bonds is 8. The second-order valence-corrected chi connectivity index (χ2v) is 7.83. The van der Waals surface area contributed by atoms with Gasteiger partial charge in [0.1, 0.15) is 23.8 Å². The summed E-state index contributed by atoms with van der Waals surface area (Å²) in [6, 6.07) is 4.61. The molecule has 0 spiro atoms. The van der Waals surface area contributed by atoms with Crippen LogP contribution in [0.1, 0.15) is 11.9 Å². The third-order valence-electron chi connectivity index (χ3n) is 5.37. The lowest BCUT2D eigenvalue weighted by Gasteiger charge is -2.27. The molecule has 0 saturated carbocycles. The fourth-order valence-electron chi connectivity index (χ4n) is 3.59. The second-order valence-electron chi connectivity index (χ2n) is 7.49. The Morgan fingerprint density at radius 2 is 1.91 bits per heavy atom. The Labute approximate surface area is 195 Å². The van der Waals surface area contributed by atoms with Gasteiger partial charge in [-0.1, -0.05) is 6.07 Å². The molecule has 34 heavy (non-hydrogen) atoms. The van der Waals surface area contributed by atoms with Crippen molar-refractivity contribution in [2.24, 2.45) is 0 Å². The van der Waals surface area contributed by atoms with E-state index in [1.807, 2.05) is 0 Å². The number of carboxylic acid groups (broad SMARTS) is 2. The van der Waals surface area contributed by atoms with Crippen molar-refractivity contribution in [3.05, 3.63) is 41.7 Å². The first-order valence-corrected chi connectivity index (χ1v) is 10.2. The topological polar surface area (TPSA) is 216 Å². The summed E-state index contributed by atoms with van der Waals surface area (Å²) in [4.78, 5) is 39.7. The number of nitrogens with two attached hydrogens (primary N) is 1. The van der Waals surface area contributed by atoms with Gasteiger partial charge >= 0.3 is 11.9 Å². The number of hydrogen-bond donors (Lipinski definition) is 5. The Bertz CT molecular complexity index is 1210. The Hall–Kier alpha value is -3.43. The predicted octanol–water partition coefficient (Wildman–Crippen LogP) is -0.757. The molecular weight excluding hydrogens is 476 g/mol. The molecule has 0 bridgehead atoms. The number of fused-ring (bicyclic) bond motifs is 1. The highest BCUT2D eigenvalue weighted by Crippen LogP contribution is 2.33. The first-order chi connectivity index (χ1) is 16.1. The highest BCUT2D eigenvalue weighted by Gasteiger charge is 2.51. The van der Waals surface area contributed by atoms with Gasteiger partial charge < -0.3 is 35.6 Å². The molecule has 4 rings (SSSR count). The molecule has 4 heterocycles. The lowest BCUT2D eigenvalue weighted by molar-refractivity contribution is -0.190. The number of carboxylic acids is 2. The number of aliphatic carboxylic acids is 2. The number of hydrogen-bond acceptors (Lipinski definition) is 11. The Kier molecular flexibility index (Phi) is 6.33. The molecule has 14 nitrogen and oxygen atoms in total. The van der Waals surface area contributed by atoms with Crippen LogP contribution in [0.5, 0.6) is 0 Å². The Morgan fingerprint density at radius 1 is 1.18 bits per heavy atom. The molecule has 0 aromatic carbocycles. The van der Waals surface area contributed by atoms with Crippen molar-refractivity contribution >= 4 is 40.5 Å². The van der Waals surface area contributed by atoms with Crippen molar-refractivity contribution in [3.63, 3.8) is 0 Å². The lowest BCUT2D eigenvalue weighted by Crippen LogP contribution is -2.53. The molecule has 0 radical (unpaired) electrons. The number of nitrogen functional groups attached to an aromatic ring is 1. The molecule has 1 saturated heterocycles. The summed E-state index contributed by atoms with van der Waals surface area (Å²) >= 11 is 5.85. The van der Waals surface area contributed by atoms with Crippen LogP contribution >= 0.6 is 11.6 Å². The smallest absolute Gasteiger partial charge is 0.348 e. The van der Waals surface area contributed by atoms with Gasteiger partial charge in [0.15, 0.2) is 17.7 Å². The third kappa shape index (κ3) is 4.12. The maximum absolute atomic E-state index is 11.9. The van der Waals surface area contributed by atoms with E-state index < -0.39 is 55.1 Å². The first kappa shape index (κ1) is 23.7. The van der Waals surface area contributed by atoms with Gasteiger partial charge in [-0.15, -0.1) is 0 Å². The summed E-state index contributed by atoms with van der Waals surface area (Å²) in [5.74, 6) is -3.54. The number of aliphatic hydroxyl groups excluding tert-OH is 2. The predicted molar refractivity (Wildman–Crippen MR) is 113 cm³/mol. The van der Waals surface area contributed by atoms with E-state index in [0.29, 0.717) is 0 Å².